The number of aromatic amines is 1. The average Bonchev–Trinajstić information content (AvgIpc) is 4.01. The standard InChI is InChI=1S/C41H48F2N5O11PS3/c1-56-23-36(50)61-15-13-58-60(55,59-14-16-62-37(51)24-57-2)41(42,43)28-7-10-33-26(17-28)18-34(63-33)38(52)46-31-6-4-3-5-29-8-9-32(48(29)39(31)53)40(54)47-21-27(20-44)30(22-47)25-11-12-45-35(49)19-25/h7,10-12,17-19,27,29-32H,3-6,8-9,13-16,21-24H2,1-2H3,(H,45,49)(H,46,52)/t27-,29+,30+,31+,32+/m1/s1. The number of aromatic nitrogens is 1. The summed E-state index contributed by atoms with van der Waals surface area (Å²) in [6.45, 7) is -1.12. The van der Waals surface area contributed by atoms with Gasteiger partial charge in [0.2, 0.25) is 27.6 Å². The Hall–Kier alpha value is -4.00. The van der Waals surface area contributed by atoms with Crippen LogP contribution in [0.4, 0.5) is 8.78 Å². The number of nitrogens with one attached hydrogen (secondary N) is 2. The third-order valence-corrected chi connectivity index (χ3v) is 15.8. The normalized spacial score (nSPS) is 21.8. The van der Waals surface area contributed by atoms with E-state index in [-0.39, 0.29) is 81.7 Å². The topological polar surface area (TPSA) is 214 Å². The van der Waals surface area contributed by atoms with E-state index in [0.29, 0.717) is 42.4 Å². The summed E-state index contributed by atoms with van der Waals surface area (Å²) < 4.78 is 66.9. The van der Waals surface area contributed by atoms with Gasteiger partial charge in [0, 0.05) is 73.3 Å². The van der Waals surface area contributed by atoms with Crippen LogP contribution >= 0.6 is 42.5 Å². The van der Waals surface area contributed by atoms with E-state index < -0.39 is 61.9 Å². The van der Waals surface area contributed by atoms with Crippen molar-refractivity contribution in [3.8, 4) is 6.07 Å². The van der Waals surface area contributed by atoms with Gasteiger partial charge in [-0.25, -0.2) is 0 Å². The van der Waals surface area contributed by atoms with E-state index in [1.165, 1.54) is 38.6 Å². The Morgan fingerprint density at radius 3 is 2.29 bits per heavy atom. The number of ether oxygens (including phenoxy) is 2. The molecule has 0 radical (unpaired) electrons. The molecule has 16 nitrogen and oxygen atoms in total. The van der Waals surface area contributed by atoms with Crippen molar-refractivity contribution in [2.24, 2.45) is 5.92 Å². The number of rotatable bonds is 18. The van der Waals surface area contributed by atoms with E-state index in [9.17, 15) is 38.6 Å². The third-order valence-electron chi connectivity index (χ3n) is 11.1. The van der Waals surface area contributed by atoms with Crippen LogP contribution in [-0.2, 0) is 47.9 Å². The number of carbonyl (C=O) groups excluding carboxylic acids is 5. The summed E-state index contributed by atoms with van der Waals surface area (Å²) in [5, 5.41) is 12.2. The van der Waals surface area contributed by atoms with E-state index in [1.807, 2.05) is 0 Å². The number of benzene rings is 1. The second kappa shape index (κ2) is 21.8. The fourth-order valence-corrected chi connectivity index (χ4v) is 12.0. The van der Waals surface area contributed by atoms with E-state index >= 15 is 8.78 Å². The number of hydrogen-bond acceptors (Lipinski definition) is 15. The van der Waals surface area contributed by atoms with Crippen molar-refractivity contribution >= 4 is 80.5 Å². The fraction of sp³-hybridized carbons (Fsp3) is 0.537. The molecule has 0 spiro atoms. The number of methoxy groups -OCH3 is 2. The Labute approximate surface area is 374 Å². The van der Waals surface area contributed by atoms with Crippen LogP contribution in [0, 0.1) is 17.2 Å². The highest BCUT2D eigenvalue weighted by atomic mass is 32.2. The summed E-state index contributed by atoms with van der Waals surface area (Å²) in [6, 6.07) is 8.32. The SMILES string of the molecule is COCC(=O)SCCOP(=O)(OCCSC(=O)COC)C(F)(F)c1ccc2sc(C(=O)N[C@H]3CCCC[C@H]4CC[C@@H](C(=O)N5C[C@@H](C#N)[C@H](c6cc[nH]c(=O)c6)C5)N4C3=O)cc2c1. The number of fused-ring (bicyclic) bond motifs is 2. The monoisotopic (exact) mass is 951 g/mol. The minimum atomic E-state index is -5.29. The van der Waals surface area contributed by atoms with Crippen molar-refractivity contribution in [1.29, 1.82) is 5.26 Å². The summed E-state index contributed by atoms with van der Waals surface area (Å²) in [5.74, 6) is -2.44. The predicted molar refractivity (Wildman–Crippen MR) is 233 cm³/mol. The first-order chi connectivity index (χ1) is 30.2. The molecule has 3 fully saturated rings. The van der Waals surface area contributed by atoms with Crippen molar-refractivity contribution in [2.45, 2.75) is 68.2 Å². The first kappa shape index (κ1) is 48.5. The van der Waals surface area contributed by atoms with Gasteiger partial charge in [0.15, 0.2) is 0 Å². The quantitative estimate of drug-likeness (QED) is 0.120. The van der Waals surface area contributed by atoms with E-state index in [2.05, 4.69) is 16.4 Å². The molecule has 0 aliphatic carbocycles. The minimum Gasteiger partial charge on any atom is -0.376 e. The van der Waals surface area contributed by atoms with E-state index in [1.54, 1.807) is 15.9 Å². The fourth-order valence-electron chi connectivity index (χ4n) is 8.14. The van der Waals surface area contributed by atoms with Gasteiger partial charge in [0.1, 0.15) is 25.3 Å². The molecule has 1 aromatic carbocycles. The Morgan fingerprint density at radius 2 is 1.63 bits per heavy atom. The Morgan fingerprint density at radius 1 is 0.952 bits per heavy atom. The molecular formula is C41H48F2N5O11PS3. The highest BCUT2D eigenvalue weighted by molar-refractivity contribution is 8.14. The van der Waals surface area contributed by atoms with E-state index in [4.69, 9.17) is 18.5 Å². The van der Waals surface area contributed by atoms with Gasteiger partial charge in [-0.3, -0.25) is 33.3 Å². The van der Waals surface area contributed by atoms with Gasteiger partial charge in [-0.1, -0.05) is 42.4 Å². The van der Waals surface area contributed by atoms with Gasteiger partial charge in [0.25, 0.3) is 5.91 Å². The number of H-pyrrole nitrogens is 1. The summed E-state index contributed by atoms with van der Waals surface area (Å²) in [4.78, 5) is 83.9. The predicted octanol–water partition coefficient (Wildman–Crippen LogP) is 5.48. The summed E-state index contributed by atoms with van der Waals surface area (Å²) in [6.07, 6.45) is 4.94. The molecule has 3 aliphatic rings. The lowest BCUT2D eigenvalue weighted by Gasteiger charge is -2.36. The van der Waals surface area contributed by atoms with Crippen LogP contribution in [0.3, 0.4) is 0 Å². The zero-order valence-corrected chi connectivity index (χ0v) is 37.9. The van der Waals surface area contributed by atoms with Gasteiger partial charge in [-0.15, -0.1) is 11.3 Å². The van der Waals surface area contributed by atoms with Crippen molar-refractivity contribution < 1.29 is 55.8 Å². The number of halogens is 2. The second-order valence-electron chi connectivity index (χ2n) is 15.2. The molecule has 22 heteroatoms. The highest BCUT2D eigenvalue weighted by Crippen LogP contribution is 2.67. The van der Waals surface area contributed by atoms with Gasteiger partial charge in [-0.2, -0.15) is 14.0 Å². The smallest absolute Gasteiger partial charge is 0.376 e. The lowest BCUT2D eigenvalue weighted by molar-refractivity contribution is -0.146. The molecular weight excluding hydrogens is 904 g/mol. The summed E-state index contributed by atoms with van der Waals surface area (Å²) >= 11 is 2.51. The number of alkyl halides is 2. The van der Waals surface area contributed by atoms with Crippen LogP contribution in [0.15, 0.2) is 47.4 Å². The summed E-state index contributed by atoms with van der Waals surface area (Å²) in [7, 11) is -2.64. The number of amides is 3. The number of likely N-dealkylation sites (tertiary alicyclic amines) is 1. The molecule has 5 atom stereocenters. The van der Waals surface area contributed by atoms with Crippen molar-refractivity contribution in [3.05, 3.63) is 69.0 Å². The van der Waals surface area contributed by atoms with E-state index in [0.717, 1.165) is 53.4 Å². The molecule has 6 rings (SSSR count). The zero-order chi connectivity index (χ0) is 45.3. The maximum absolute atomic E-state index is 16.3. The molecule has 0 saturated carbocycles. The number of nitrogens with zero attached hydrogens (tertiary/aromatic N) is 3. The molecule has 63 heavy (non-hydrogen) atoms. The van der Waals surface area contributed by atoms with Gasteiger partial charge in [0.05, 0.1) is 30.1 Å². The number of hydrogen-bond donors (Lipinski definition) is 2. The molecule has 2 N–H and O–H groups in total. The van der Waals surface area contributed by atoms with Gasteiger partial charge < -0.3 is 38.6 Å². The first-order valence-electron chi connectivity index (χ1n) is 20.3. The first-order valence-corrected chi connectivity index (χ1v) is 24.6. The molecule has 0 unspecified atom stereocenters. The molecule has 2 aromatic heterocycles. The Bertz CT molecular complexity index is 2300. The molecule has 3 saturated heterocycles. The van der Waals surface area contributed by atoms with Gasteiger partial charge >= 0.3 is 13.3 Å². The largest absolute Gasteiger partial charge is 0.404 e. The van der Waals surface area contributed by atoms with Crippen LogP contribution in [-0.4, -0.2) is 126 Å². The maximum atomic E-state index is 16.3. The Balaban J connectivity index is 1.16. The Kier molecular flexibility index (Phi) is 16.8. The number of carbonyl (C=O) groups is 5. The molecule has 5 heterocycles. The molecule has 3 aliphatic heterocycles. The highest BCUT2D eigenvalue weighted by Gasteiger charge is 2.55. The van der Waals surface area contributed by atoms with Gasteiger partial charge in [-0.05, 0) is 60.9 Å². The van der Waals surface area contributed by atoms with Crippen LogP contribution in [0.2, 0.25) is 0 Å². The maximum Gasteiger partial charge on any atom is 0.404 e. The van der Waals surface area contributed by atoms with Crippen LogP contribution < -0.4 is 10.9 Å². The molecule has 3 aromatic rings. The van der Waals surface area contributed by atoms with Crippen LogP contribution in [0.5, 0.6) is 0 Å². The lowest BCUT2D eigenvalue weighted by atomic mass is 9.91. The number of thiophene rings is 1. The van der Waals surface area contributed by atoms with Crippen molar-refractivity contribution in [1.82, 2.24) is 20.1 Å². The van der Waals surface area contributed by atoms with Crippen molar-refractivity contribution in [3.63, 3.8) is 0 Å². The second-order valence-corrected chi connectivity index (χ2v) is 20.7. The summed E-state index contributed by atoms with van der Waals surface area (Å²) in [5.41, 5.74) is -4.58. The molecule has 0 bridgehead atoms. The molecule has 340 valence electrons. The third kappa shape index (κ3) is 11.5. The lowest BCUT2D eigenvalue weighted by Crippen LogP contribution is -2.56. The van der Waals surface area contributed by atoms with Crippen molar-refractivity contribution in [2.75, 3.05) is 65.2 Å². The average molecular weight is 952 g/mol. The number of nitriles is 1. The number of pyridine rings is 1. The van der Waals surface area contributed by atoms with Crippen LogP contribution in [0.25, 0.3) is 10.1 Å². The minimum absolute atomic E-state index is 0.117. The number of thioether (sulfide) groups is 2. The molecule has 3 amide bonds. The van der Waals surface area contributed by atoms with Crippen LogP contribution in [0.1, 0.15) is 65.2 Å². The zero-order valence-electron chi connectivity index (χ0n) is 34.6.